The summed E-state index contributed by atoms with van der Waals surface area (Å²) in [6.07, 6.45) is 3.33. The van der Waals surface area contributed by atoms with Gasteiger partial charge in [-0.15, -0.1) is 11.8 Å². The van der Waals surface area contributed by atoms with E-state index in [2.05, 4.69) is 9.97 Å². The Bertz CT molecular complexity index is 609. The Morgan fingerprint density at radius 1 is 1.33 bits per heavy atom. The highest BCUT2D eigenvalue weighted by Gasteiger charge is 2.06. The number of anilines is 1. The second-order valence-corrected chi connectivity index (χ2v) is 4.19. The first kappa shape index (κ1) is 12.2. The smallest absolute Gasteiger partial charge is 0.223 e. The number of hydrogen-bond acceptors (Lipinski definition) is 6. The minimum absolute atomic E-state index is 0.374. The van der Waals surface area contributed by atoms with Crippen LogP contribution >= 0.6 is 11.8 Å². The van der Waals surface area contributed by atoms with Crippen LogP contribution in [0.5, 0.6) is 11.6 Å². The van der Waals surface area contributed by atoms with E-state index in [1.807, 2.05) is 12.3 Å². The topological polar surface area (TPSA) is 84.8 Å². The molecule has 0 unspecified atom stereocenters. The van der Waals surface area contributed by atoms with E-state index in [4.69, 9.17) is 15.7 Å². The van der Waals surface area contributed by atoms with E-state index in [9.17, 15) is 0 Å². The number of ether oxygens (including phenoxy) is 1. The molecule has 0 bridgehead atoms. The van der Waals surface area contributed by atoms with Crippen LogP contribution in [0.4, 0.5) is 5.69 Å². The Kier molecular flexibility index (Phi) is 3.65. The van der Waals surface area contributed by atoms with Gasteiger partial charge < -0.3 is 10.5 Å². The Morgan fingerprint density at radius 2 is 2.17 bits per heavy atom. The zero-order valence-corrected chi connectivity index (χ0v) is 10.4. The summed E-state index contributed by atoms with van der Waals surface area (Å²) in [5.74, 6) is 0.827. The Labute approximate surface area is 109 Å². The summed E-state index contributed by atoms with van der Waals surface area (Å²) in [6, 6.07) is 8.62. The lowest BCUT2D eigenvalue weighted by Crippen LogP contribution is -1.94. The molecule has 18 heavy (non-hydrogen) atoms. The third-order valence-electron chi connectivity index (χ3n) is 2.16. The minimum atomic E-state index is 0.374. The highest BCUT2D eigenvalue weighted by molar-refractivity contribution is 7.98. The number of nitriles is 1. The number of aromatic nitrogens is 2. The quantitative estimate of drug-likeness (QED) is 0.517. The summed E-state index contributed by atoms with van der Waals surface area (Å²) in [5, 5.41) is 9.80. The van der Waals surface area contributed by atoms with Crippen LogP contribution in [0.2, 0.25) is 0 Å². The van der Waals surface area contributed by atoms with Crippen molar-refractivity contribution in [2.24, 2.45) is 0 Å². The largest absolute Gasteiger partial charge is 0.437 e. The van der Waals surface area contributed by atoms with E-state index in [0.717, 1.165) is 5.03 Å². The van der Waals surface area contributed by atoms with Crippen LogP contribution in [0, 0.1) is 11.3 Å². The highest BCUT2D eigenvalue weighted by atomic mass is 32.2. The molecule has 6 heteroatoms. The number of benzene rings is 1. The molecule has 2 N–H and O–H groups in total. The zero-order chi connectivity index (χ0) is 13.0. The van der Waals surface area contributed by atoms with Gasteiger partial charge in [0.1, 0.15) is 23.2 Å². The molecule has 0 atom stereocenters. The van der Waals surface area contributed by atoms with Gasteiger partial charge in [0.25, 0.3) is 0 Å². The fraction of sp³-hybridized carbons (Fsp3) is 0.0833. The average molecular weight is 258 g/mol. The number of hydrogen-bond donors (Lipinski definition) is 1. The van der Waals surface area contributed by atoms with Gasteiger partial charge in [0, 0.05) is 11.8 Å². The van der Waals surface area contributed by atoms with Crippen molar-refractivity contribution < 1.29 is 4.74 Å². The lowest BCUT2D eigenvalue weighted by Gasteiger charge is -2.07. The lowest BCUT2D eigenvalue weighted by atomic mass is 10.2. The second-order valence-electron chi connectivity index (χ2n) is 3.37. The summed E-state index contributed by atoms with van der Waals surface area (Å²) >= 11 is 1.49. The molecular weight excluding hydrogens is 248 g/mol. The van der Waals surface area contributed by atoms with Gasteiger partial charge in [-0.05, 0) is 24.5 Å². The molecule has 0 saturated carbocycles. The summed E-state index contributed by atoms with van der Waals surface area (Å²) in [5.41, 5.74) is 6.50. The van der Waals surface area contributed by atoms with Crippen molar-refractivity contribution in [2.75, 3.05) is 12.0 Å². The van der Waals surface area contributed by atoms with Gasteiger partial charge >= 0.3 is 0 Å². The van der Waals surface area contributed by atoms with Gasteiger partial charge in [-0.2, -0.15) is 5.26 Å². The molecule has 2 aromatic rings. The fourth-order valence-corrected chi connectivity index (χ4v) is 1.70. The monoisotopic (exact) mass is 258 g/mol. The van der Waals surface area contributed by atoms with Crippen LogP contribution in [0.15, 0.2) is 35.6 Å². The molecule has 1 aromatic carbocycles. The fourth-order valence-electron chi connectivity index (χ4n) is 1.33. The number of nitrogen functional groups attached to an aromatic ring is 1. The van der Waals surface area contributed by atoms with Crippen molar-refractivity contribution in [3.8, 4) is 17.7 Å². The predicted octanol–water partition coefficient (Wildman–Crippen LogP) is 2.44. The standard InChI is InChI=1S/C12H10N4OS/c1-18-12-5-11(15-7-16-12)17-10-3-2-9(14)4-8(10)6-13/h2-5,7H,14H2,1H3. The Morgan fingerprint density at radius 3 is 2.89 bits per heavy atom. The Balaban J connectivity index is 2.31. The van der Waals surface area contributed by atoms with E-state index in [-0.39, 0.29) is 0 Å². The number of nitrogens with zero attached hydrogens (tertiary/aromatic N) is 3. The maximum Gasteiger partial charge on any atom is 0.223 e. The van der Waals surface area contributed by atoms with Crippen LogP contribution < -0.4 is 10.5 Å². The molecule has 5 nitrogen and oxygen atoms in total. The van der Waals surface area contributed by atoms with E-state index < -0.39 is 0 Å². The van der Waals surface area contributed by atoms with Crippen LogP contribution in [-0.4, -0.2) is 16.2 Å². The van der Waals surface area contributed by atoms with Crippen LogP contribution in [-0.2, 0) is 0 Å². The molecule has 1 aromatic heterocycles. The first-order valence-electron chi connectivity index (χ1n) is 5.06. The molecule has 0 radical (unpaired) electrons. The van der Waals surface area contributed by atoms with Gasteiger partial charge in [-0.25, -0.2) is 9.97 Å². The molecule has 0 aliphatic rings. The molecule has 0 aliphatic carbocycles. The van der Waals surface area contributed by atoms with Gasteiger partial charge in [-0.3, -0.25) is 0 Å². The third-order valence-corrected chi connectivity index (χ3v) is 2.81. The molecule has 0 amide bonds. The highest BCUT2D eigenvalue weighted by Crippen LogP contribution is 2.26. The van der Waals surface area contributed by atoms with E-state index in [0.29, 0.717) is 22.9 Å². The SMILES string of the molecule is CSc1cc(Oc2ccc(N)cc2C#N)ncn1. The first-order valence-corrected chi connectivity index (χ1v) is 6.29. The van der Waals surface area contributed by atoms with E-state index in [1.165, 1.54) is 18.1 Å². The molecule has 2 rings (SSSR count). The van der Waals surface area contributed by atoms with Crippen molar-refractivity contribution in [1.82, 2.24) is 9.97 Å². The van der Waals surface area contributed by atoms with E-state index in [1.54, 1.807) is 24.3 Å². The van der Waals surface area contributed by atoms with Crippen LogP contribution in [0.1, 0.15) is 5.56 Å². The summed E-state index contributed by atoms with van der Waals surface area (Å²) in [6.45, 7) is 0. The van der Waals surface area contributed by atoms with Crippen LogP contribution in [0.25, 0.3) is 0 Å². The number of thioether (sulfide) groups is 1. The number of rotatable bonds is 3. The summed E-state index contributed by atoms with van der Waals surface area (Å²) in [7, 11) is 0. The van der Waals surface area contributed by atoms with Crippen molar-refractivity contribution in [1.29, 1.82) is 5.26 Å². The van der Waals surface area contributed by atoms with Crippen molar-refractivity contribution in [3.63, 3.8) is 0 Å². The summed E-state index contributed by atoms with van der Waals surface area (Å²) < 4.78 is 5.56. The van der Waals surface area contributed by atoms with Gasteiger partial charge in [0.2, 0.25) is 5.88 Å². The second kappa shape index (κ2) is 5.38. The van der Waals surface area contributed by atoms with Crippen molar-refractivity contribution in [2.45, 2.75) is 5.03 Å². The number of nitrogens with two attached hydrogens (primary N) is 1. The van der Waals surface area contributed by atoms with Gasteiger partial charge in [-0.1, -0.05) is 0 Å². The zero-order valence-electron chi connectivity index (χ0n) is 9.62. The lowest BCUT2D eigenvalue weighted by molar-refractivity contribution is 0.457. The van der Waals surface area contributed by atoms with E-state index >= 15 is 0 Å². The maximum absolute atomic E-state index is 9.00. The molecule has 0 saturated heterocycles. The molecule has 0 fully saturated rings. The molecule has 0 aliphatic heterocycles. The maximum atomic E-state index is 9.00. The van der Waals surface area contributed by atoms with Crippen molar-refractivity contribution >= 4 is 17.4 Å². The first-order chi connectivity index (χ1) is 8.72. The third kappa shape index (κ3) is 2.70. The molecule has 90 valence electrons. The van der Waals surface area contributed by atoms with Crippen LogP contribution in [0.3, 0.4) is 0 Å². The predicted molar refractivity (Wildman–Crippen MR) is 69.5 cm³/mol. The Hall–Kier alpha value is -2.26. The average Bonchev–Trinajstić information content (AvgIpc) is 2.41. The molecular formula is C12H10N4OS. The van der Waals surface area contributed by atoms with Crippen molar-refractivity contribution in [3.05, 3.63) is 36.2 Å². The molecule has 1 heterocycles. The summed E-state index contributed by atoms with van der Waals surface area (Å²) in [4.78, 5) is 8.04. The minimum Gasteiger partial charge on any atom is -0.437 e. The molecule has 0 spiro atoms. The normalized spacial score (nSPS) is 9.78. The van der Waals surface area contributed by atoms with Gasteiger partial charge in [0.15, 0.2) is 0 Å². The van der Waals surface area contributed by atoms with Gasteiger partial charge in [0.05, 0.1) is 5.56 Å².